The summed E-state index contributed by atoms with van der Waals surface area (Å²) in [7, 11) is 0.354. The summed E-state index contributed by atoms with van der Waals surface area (Å²) in [6.45, 7) is 10.1. The quantitative estimate of drug-likeness (QED) is 0.767. The number of benzene rings is 2. The van der Waals surface area contributed by atoms with E-state index >= 15 is 0 Å². The molecule has 0 amide bonds. The van der Waals surface area contributed by atoms with Gasteiger partial charge in [-0.3, -0.25) is 4.90 Å². The molecule has 3 heteroatoms. The van der Waals surface area contributed by atoms with Crippen LogP contribution in [0, 0.1) is 0 Å². The van der Waals surface area contributed by atoms with Crippen molar-refractivity contribution in [3.63, 3.8) is 0 Å². The van der Waals surface area contributed by atoms with Crippen LogP contribution in [0.25, 0.3) is 0 Å². The Morgan fingerprint density at radius 2 is 1.12 bits per heavy atom. The molecule has 1 aliphatic heterocycles. The molecule has 1 fully saturated rings. The summed E-state index contributed by atoms with van der Waals surface area (Å²) in [5.74, 6) is 0. The second-order valence-electron chi connectivity index (χ2n) is 7.77. The number of hydrogen-bond donors (Lipinski definition) is 0. The van der Waals surface area contributed by atoms with Gasteiger partial charge < -0.3 is 0 Å². The van der Waals surface area contributed by atoms with Gasteiger partial charge in [0.2, 0.25) is 0 Å². The molecule has 124 valence electrons. The summed E-state index contributed by atoms with van der Waals surface area (Å²) >= 11 is 0. The SMILES string of the molecule is [2H]CN1C(c2ccc(B(C)C)cc2)CCC1c1ccc(B(C)C)cc1. The maximum Gasteiger partial charge on any atom is 0.169 e. The maximum absolute atomic E-state index is 8.11. The summed E-state index contributed by atoms with van der Waals surface area (Å²) in [6.07, 6.45) is 2.27. The Kier molecular flexibility index (Phi) is 4.80. The fourth-order valence-corrected chi connectivity index (χ4v) is 3.79. The molecule has 0 aliphatic carbocycles. The standard InChI is InChI=1S/C21H29B2N/c1-22(2)18-10-6-16(7-11-18)20-14-15-21(24(20)5)17-8-12-19(13-9-17)23(3)4/h6-13,20-21H,14-15H2,1-5H3/i5D. The van der Waals surface area contributed by atoms with Crippen LogP contribution in [-0.4, -0.2) is 25.3 Å². The largest absolute Gasteiger partial charge is 0.292 e. The van der Waals surface area contributed by atoms with Crippen LogP contribution in [0.4, 0.5) is 0 Å². The van der Waals surface area contributed by atoms with Gasteiger partial charge in [-0.1, -0.05) is 86.7 Å². The summed E-state index contributed by atoms with van der Waals surface area (Å²) in [6, 6.07) is 18.8. The van der Waals surface area contributed by atoms with Crippen molar-refractivity contribution in [2.45, 2.75) is 52.2 Å². The zero-order valence-electron chi connectivity index (χ0n) is 16.5. The zero-order valence-corrected chi connectivity index (χ0v) is 15.5. The molecule has 3 rings (SSSR count). The number of hydrogen-bond acceptors (Lipinski definition) is 1. The van der Waals surface area contributed by atoms with Gasteiger partial charge in [0.15, 0.2) is 13.4 Å². The second kappa shape index (κ2) is 7.19. The highest BCUT2D eigenvalue weighted by molar-refractivity contribution is 6.71. The monoisotopic (exact) mass is 318 g/mol. The van der Waals surface area contributed by atoms with Crippen LogP contribution in [0.5, 0.6) is 0 Å². The minimum Gasteiger partial charge on any atom is -0.292 e. The number of likely N-dealkylation sites (tertiary alicyclic amines) is 1. The zero-order chi connectivity index (χ0) is 18.0. The summed E-state index contributed by atoms with van der Waals surface area (Å²) in [5, 5.41) is 0. The normalized spacial score (nSPS) is 21.6. The number of rotatable bonds is 4. The van der Waals surface area contributed by atoms with E-state index in [2.05, 4.69) is 80.7 Å². The third-order valence-electron chi connectivity index (χ3n) is 5.49. The molecule has 2 unspecified atom stereocenters. The molecular weight excluding hydrogens is 288 g/mol. The van der Waals surface area contributed by atoms with Crippen molar-refractivity contribution in [2.24, 2.45) is 0 Å². The first-order valence-corrected chi connectivity index (χ1v) is 9.26. The Morgan fingerprint density at radius 1 is 0.750 bits per heavy atom. The maximum atomic E-state index is 8.11. The Hall–Kier alpha value is -1.47. The van der Waals surface area contributed by atoms with Gasteiger partial charge in [-0.15, -0.1) is 0 Å². The summed E-state index contributed by atoms with van der Waals surface area (Å²) in [4.78, 5) is 2.36. The minimum atomic E-state index is 0.354. The van der Waals surface area contributed by atoms with E-state index in [0.717, 1.165) is 12.8 Å². The number of nitrogens with zero attached hydrogens (tertiary/aromatic N) is 1. The smallest absolute Gasteiger partial charge is 0.169 e. The van der Waals surface area contributed by atoms with Gasteiger partial charge in [-0.05, 0) is 31.0 Å². The first-order chi connectivity index (χ1) is 12.0. The molecule has 1 nitrogen and oxygen atoms in total. The molecule has 0 aromatic heterocycles. The van der Waals surface area contributed by atoms with Crippen LogP contribution < -0.4 is 10.9 Å². The van der Waals surface area contributed by atoms with Crippen LogP contribution in [0.3, 0.4) is 0 Å². The molecule has 2 aromatic rings. The van der Waals surface area contributed by atoms with E-state index in [1.165, 1.54) is 22.1 Å². The highest BCUT2D eigenvalue weighted by Gasteiger charge is 2.32. The first-order valence-electron chi connectivity index (χ1n) is 9.96. The topological polar surface area (TPSA) is 3.24 Å². The van der Waals surface area contributed by atoms with Crippen LogP contribution in [0.2, 0.25) is 27.3 Å². The van der Waals surface area contributed by atoms with Crippen LogP contribution in [-0.2, 0) is 0 Å². The molecule has 1 saturated heterocycles. The lowest BCUT2D eigenvalue weighted by Gasteiger charge is -2.27. The van der Waals surface area contributed by atoms with E-state index in [9.17, 15) is 0 Å². The van der Waals surface area contributed by atoms with Crippen molar-refractivity contribution in [2.75, 3.05) is 7.02 Å². The van der Waals surface area contributed by atoms with Crippen molar-refractivity contribution < 1.29 is 1.37 Å². The Balaban J connectivity index is 1.80. The average Bonchev–Trinajstić information content (AvgIpc) is 3.05. The van der Waals surface area contributed by atoms with Gasteiger partial charge in [0.05, 0.1) is 0 Å². The fourth-order valence-electron chi connectivity index (χ4n) is 3.79. The van der Waals surface area contributed by atoms with Crippen LogP contribution >= 0.6 is 0 Å². The average molecular weight is 318 g/mol. The van der Waals surface area contributed by atoms with E-state index in [0.29, 0.717) is 32.5 Å². The van der Waals surface area contributed by atoms with Crippen molar-refractivity contribution >= 4 is 24.4 Å². The minimum absolute atomic E-state index is 0.354. The van der Waals surface area contributed by atoms with Gasteiger partial charge in [0, 0.05) is 13.5 Å². The van der Waals surface area contributed by atoms with Gasteiger partial charge in [-0.25, -0.2) is 0 Å². The van der Waals surface area contributed by atoms with Crippen molar-refractivity contribution in [1.82, 2.24) is 4.90 Å². The highest BCUT2D eigenvalue weighted by Crippen LogP contribution is 2.42. The van der Waals surface area contributed by atoms with Gasteiger partial charge in [0.1, 0.15) is 0 Å². The molecule has 0 spiro atoms. The van der Waals surface area contributed by atoms with Crippen LogP contribution in [0.15, 0.2) is 48.5 Å². The molecule has 0 saturated carbocycles. The molecule has 0 bridgehead atoms. The predicted molar refractivity (Wildman–Crippen MR) is 110 cm³/mol. The predicted octanol–water partition coefficient (Wildman–Crippen LogP) is 4.12. The lowest BCUT2D eigenvalue weighted by atomic mass is 9.49. The molecule has 1 aliphatic rings. The second-order valence-corrected chi connectivity index (χ2v) is 7.77. The fraction of sp³-hybridized carbons (Fsp3) is 0.429. The molecule has 24 heavy (non-hydrogen) atoms. The van der Waals surface area contributed by atoms with E-state index in [1.807, 2.05) is 0 Å². The lowest BCUT2D eigenvalue weighted by molar-refractivity contribution is 0.246. The molecule has 0 N–H and O–H groups in total. The van der Waals surface area contributed by atoms with Crippen LogP contribution in [0.1, 0.15) is 37.4 Å². The van der Waals surface area contributed by atoms with E-state index in [-0.39, 0.29) is 0 Å². The Labute approximate surface area is 150 Å². The van der Waals surface area contributed by atoms with E-state index in [1.54, 1.807) is 0 Å². The first kappa shape index (κ1) is 16.0. The lowest BCUT2D eigenvalue weighted by Crippen LogP contribution is -2.25. The third-order valence-corrected chi connectivity index (χ3v) is 5.49. The van der Waals surface area contributed by atoms with Gasteiger partial charge in [-0.2, -0.15) is 0 Å². The molecule has 1 heterocycles. The Morgan fingerprint density at radius 3 is 1.42 bits per heavy atom. The van der Waals surface area contributed by atoms with Crippen molar-refractivity contribution in [3.8, 4) is 0 Å². The molecular formula is C21H29B2N. The summed E-state index contributed by atoms with van der Waals surface area (Å²) in [5.41, 5.74) is 5.50. The van der Waals surface area contributed by atoms with E-state index in [4.69, 9.17) is 1.37 Å². The van der Waals surface area contributed by atoms with Crippen molar-refractivity contribution in [1.29, 1.82) is 0 Å². The van der Waals surface area contributed by atoms with Gasteiger partial charge in [0.25, 0.3) is 0 Å². The molecule has 0 radical (unpaired) electrons. The molecule has 2 atom stereocenters. The Bertz CT molecular complexity index is 623. The van der Waals surface area contributed by atoms with Crippen molar-refractivity contribution in [3.05, 3.63) is 59.7 Å². The van der Waals surface area contributed by atoms with E-state index < -0.39 is 0 Å². The summed E-state index contributed by atoms with van der Waals surface area (Å²) < 4.78 is 8.11. The van der Waals surface area contributed by atoms with Gasteiger partial charge >= 0.3 is 0 Å². The third kappa shape index (κ3) is 3.47. The highest BCUT2D eigenvalue weighted by atomic mass is 15.2. The molecule has 2 aromatic carbocycles.